The number of imidazole rings is 1. The van der Waals surface area contributed by atoms with E-state index < -0.39 is 0 Å². The Morgan fingerprint density at radius 1 is 1.45 bits per heavy atom. The first kappa shape index (κ1) is 14.3. The zero-order valence-electron chi connectivity index (χ0n) is 12.2. The van der Waals surface area contributed by atoms with Gasteiger partial charge in [-0.05, 0) is 24.6 Å². The summed E-state index contributed by atoms with van der Waals surface area (Å²) < 4.78 is 15.4. The number of allylic oxidation sites excluding steroid dienone is 1. The molecule has 1 aromatic carbocycles. The van der Waals surface area contributed by atoms with Crippen molar-refractivity contribution in [2.75, 3.05) is 5.73 Å². The molecule has 1 heterocycles. The summed E-state index contributed by atoms with van der Waals surface area (Å²) in [6.07, 6.45) is 1.78. The van der Waals surface area contributed by atoms with Gasteiger partial charge < -0.3 is 10.3 Å². The van der Waals surface area contributed by atoms with Gasteiger partial charge in [0.15, 0.2) is 0 Å². The van der Waals surface area contributed by atoms with Gasteiger partial charge >= 0.3 is 0 Å². The van der Waals surface area contributed by atoms with Crippen LogP contribution in [0.2, 0.25) is 0 Å². The monoisotopic (exact) mass is 273 g/mol. The maximum absolute atomic E-state index is 13.5. The third-order valence-electron chi connectivity index (χ3n) is 3.32. The Labute approximate surface area is 118 Å². The number of nitrogen functional groups attached to an aromatic ring is 1. The molecule has 20 heavy (non-hydrogen) atoms. The molecular weight excluding hydrogens is 253 g/mol. The van der Waals surface area contributed by atoms with E-state index in [-0.39, 0.29) is 11.7 Å². The fourth-order valence-corrected chi connectivity index (χ4v) is 2.29. The van der Waals surface area contributed by atoms with Crippen LogP contribution in [0.5, 0.6) is 0 Å². The van der Waals surface area contributed by atoms with Crippen LogP contribution < -0.4 is 5.73 Å². The van der Waals surface area contributed by atoms with Gasteiger partial charge in [-0.25, -0.2) is 9.37 Å². The Morgan fingerprint density at radius 2 is 2.15 bits per heavy atom. The second-order valence-electron chi connectivity index (χ2n) is 5.22. The maximum atomic E-state index is 13.5. The van der Waals surface area contributed by atoms with Crippen LogP contribution >= 0.6 is 0 Å². The molecule has 0 saturated heterocycles. The molecule has 0 radical (unpaired) electrons. The molecule has 0 unspecified atom stereocenters. The lowest BCUT2D eigenvalue weighted by molar-refractivity contribution is 0.628. The van der Waals surface area contributed by atoms with Crippen molar-refractivity contribution in [1.82, 2.24) is 9.55 Å². The van der Waals surface area contributed by atoms with Gasteiger partial charge in [0.2, 0.25) is 0 Å². The van der Waals surface area contributed by atoms with Gasteiger partial charge in [0, 0.05) is 18.0 Å². The highest BCUT2D eigenvalue weighted by Gasteiger charge is 2.19. The first-order chi connectivity index (χ1) is 9.45. The van der Waals surface area contributed by atoms with Crippen molar-refractivity contribution >= 4 is 5.82 Å². The zero-order valence-corrected chi connectivity index (χ0v) is 12.2. The van der Waals surface area contributed by atoms with E-state index in [1.807, 2.05) is 11.5 Å². The SMILES string of the molecule is C=CCn1c(C(C)C)nc(-c2cc(F)ccc2C)c1N. The molecule has 106 valence electrons. The normalized spacial score (nSPS) is 11.1. The van der Waals surface area contributed by atoms with Crippen LogP contribution in [0.1, 0.15) is 31.2 Å². The summed E-state index contributed by atoms with van der Waals surface area (Å²) in [5.74, 6) is 1.40. The number of nitrogens with zero attached hydrogens (tertiary/aromatic N) is 2. The summed E-state index contributed by atoms with van der Waals surface area (Å²) in [7, 11) is 0. The first-order valence-corrected chi connectivity index (χ1v) is 6.69. The Morgan fingerprint density at radius 3 is 2.75 bits per heavy atom. The van der Waals surface area contributed by atoms with Crippen molar-refractivity contribution in [3.63, 3.8) is 0 Å². The number of hydrogen-bond acceptors (Lipinski definition) is 2. The average molecular weight is 273 g/mol. The van der Waals surface area contributed by atoms with E-state index in [4.69, 9.17) is 5.73 Å². The van der Waals surface area contributed by atoms with E-state index in [1.54, 1.807) is 12.1 Å². The maximum Gasteiger partial charge on any atom is 0.132 e. The average Bonchev–Trinajstić information content (AvgIpc) is 2.71. The molecule has 0 aliphatic heterocycles. The van der Waals surface area contributed by atoms with Crippen LogP contribution in [0.3, 0.4) is 0 Å². The van der Waals surface area contributed by atoms with Gasteiger partial charge in [-0.1, -0.05) is 26.0 Å². The third kappa shape index (κ3) is 2.46. The quantitative estimate of drug-likeness (QED) is 0.859. The minimum absolute atomic E-state index is 0.236. The summed E-state index contributed by atoms with van der Waals surface area (Å²) in [4.78, 5) is 4.62. The number of halogens is 1. The molecule has 0 fully saturated rings. The van der Waals surface area contributed by atoms with Gasteiger partial charge in [0.25, 0.3) is 0 Å². The minimum Gasteiger partial charge on any atom is -0.383 e. The van der Waals surface area contributed by atoms with Gasteiger partial charge in [-0.15, -0.1) is 6.58 Å². The fraction of sp³-hybridized carbons (Fsp3) is 0.312. The lowest BCUT2D eigenvalue weighted by atomic mass is 10.1. The van der Waals surface area contributed by atoms with E-state index in [1.165, 1.54) is 12.1 Å². The molecule has 0 bridgehead atoms. The number of aryl methyl sites for hydroxylation is 1. The standard InChI is InChI=1S/C16H20FN3/c1-5-8-20-15(18)14(19-16(20)10(2)3)13-9-12(17)7-6-11(13)4/h5-7,9-10H,1,8,18H2,2-4H3. The highest BCUT2D eigenvalue weighted by Crippen LogP contribution is 2.31. The van der Waals surface area contributed by atoms with Crippen LogP contribution in [0.25, 0.3) is 11.3 Å². The summed E-state index contributed by atoms with van der Waals surface area (Å²) in [6.45, 7) is 10.4. The van der Waals surface area contributed by atoms with Crippen LogP contribution in [-0.2, 0) is 6.54 Å². The van der Waals surface area contributed by atoms with E-state index in [2.05, 4.69) is 25.4 Å². The smallest absolute Gasteiger partial charge is 0.132 e. The van der Waals surface area contributed by atoms with Gasteiger partial charge in [0.1, 0.15) is 23.2 Å². The summed E-state index contributed by atoms with van der Waals surface area (Å²) in [5.41, 5.74) is 8.55. The molecule has 3 nitrogen and oxygen atoms in total. The molecule has 0 atom stereocenters. The van der Waals surface area contributed by atoms with E-state index in [0.717, 1.165) is 17.0 Å². The number of rotatable bonds is 4. The molecule has 2 aromatic rings. The van der Waals surface area contributed by atoms with Crippen LogP contribution in [0.4, 0.5) is 10.2 Å². The molecule has 0 aliphatic rings. The molecular formula is C16H20FN3. The number of aromatic nitrogens is 2. The fourth-order valence-electron chi connectivity index (χ4n) is 2.29. The molecule has 4 heteroatoms. The van der Waals surface area contributed by atoms with Crippen molar-refractivity contribution in [3.8, 4) is 11.3 Å². The lowest BCUT2D eigenvalue weighted by Crippen LogP contribution is -2.07. The molecule has 0 spiro atoms. The topological polar surface area (TPSA) is 43.8 Å². The van der Waals surface area contributed by atoms with Crippen LogP contribution in [-0.4, -0.2) is 9.55 Å². The highest BCUT2D eigenvalue weighted by molar-refractivity contribution is 5.73. The molecule has 0 saturated carbocycles. The predicted octanol–water partition coefficient (Wildman–Crippen LogP) is 3.89. The molecule has 0 amide bonds. The Balaban J connectivity index is 2.65. The number of hydrogen-bond donors (Lipinski definition) is 1. The number of benzene rings is 1. The molecule has 1 aromatic heterocycles. The summed E-state index contributed by atoms with van der Waals surface area (Å²) >= 11 is 0. The molecule has 0 aliphatic carbocycles. The predicted molar refractivity (Wildman–Crippen MR) is 81.1 cm³/mol. The second kappa shape index (κ2) is 5.49. The lowest BCUT2D eigenvalue weighted by Gasteiger charge is -2.09. The van der Waals surface area contributed by atoms with Crippen molar-refractivity contribution in [3.05, 3.63) is 48.1 Å². The largest absolute Gasteiger partial charge is 0.383 e. The minimum atomic E-state index is -0.283. The second-order valence-corrected chi connectivity index (χ2v) is 5.22. The van der Waals surface area contributed by atoms with Crippen LogP contribution in [0.15, 0.2) is 30.9 Å². The van der Waals surface area contributed by atoms with Gasteiger partial charge in [0.05, 0.1) is 0 Å². The highest BCUT2D eigenvalue weighted by atomic mass is 19.1. The van der Waals surface area contributed by atoms with Crippen molar-refractivity contribution < 1.29 is 4.39 Å². The molecule has 2 N–H and O–H groups in total. The Hall–Kier alpha value is -2.10. The van der Waals surface area contributed by atoms with Crippen molar-refractivity contribution in [1.29, 1.82) is 0 Å². The number of nitrogens with two attached hydrogens (primary N) is 1. The van der Waals surface area contributed by atoms with Crippen molar-refractivity contribution in [2.24, 2.45) is 0 Å². The van der Waals surface area contributed by atoms with E-state index >= 15 is 0 Å². The third-order valence-corrected chi connectivity index (χ3v) is 3.32. The zero-order chi connectivity index (χ0) is 14.9. The molecule has 2 rings (SSSR count). The van der Waals surface area contributed by atoms with Crippen molar-refractivity contribution in [2.45, 2.75) is 33.2 Å². The summed E-state index contributed by atoms with van der Waals surface area (Å²) in [6, 6.07) is 4.67. The Kier molecular flexibility index (Phi) is 3.93. The van der Waals surface area contributed by atoms with Gasteiger partial charge in [-0.3, -0.25) is 0 Å². The van der Waals surface area contributed by atoms with E-state index in [0.29, 0.717) is 18.1 Å². The Bertz CT molecular complexity index is 641. The van der Waals surface area contributed by atoms with E-state index in [9.17, 15) is 4.39 Å². The van der Waals surface area contributed by atoms with Gasteiger partial charge in [-0.2, -0.15) is 0 Å². The summed E-state index contributed by atoms with van der Waals surface area (Å²) in [5, 5.41) is 0. The van der Waals surface area contributed by atoms with Crippen LogP contribution in [0, 0.1) is 12.7 Å². The first-order valence-electron chi connectivity index (χ1n) is 6.69. The number of anilines is 1.